The number of nitrogens with zero attached hydrogens (tertiary/aromatic N) is 2. The molecule has 1 N–H and O–H groups in total. The first-order chi connectivity index (χ1) is 12.5. The van der Waals surface area contributed by atoms with Crippen LogP contribution in [0.5, 0.6) is 5.75 Å². The molecule has 0 bridgehead atoms. The lowest BCUT2D eigenvalue weighted by atomic mass is 10.0. The maximum Gasteiger partial charge on any atom is 0.449 e. The number of benzene rings is 2. The van der Waals surface area contributed by atoms with Crippen molar-refractivity contribution >= 4 is 11.0 Å². The van der Waals surface area contributed by atoms with Gasteiger partial charge in [-0.25, -0.2) is 4.98 Å². The van der Waals surface area contributed by atoms with Crippen LogP contribution in [0.3, 0.4) is 0 Å². The molecule has 136 valence electrons. The molecule has 1 aliphatic rings. The number of hydrogen-bond donors (Lipinski definition) is 1. The van der Waals surface area contributed by atoms with Gasteiger partial charge in [0.2, 0.25) is 5.82 Å². The van der Waals surface area contributed by atoms with Crippen LogP contribution in [-0.4, -0.2) is 34.6 Å². The number of aromatic amines is 1. The maximum atomic E-state index is 12.8. The van der Waals surface area contributed by atoms with Crippen LogP contribution in [-0.2, 0) is 19.1 Å². The van der Waals surface area contributed by atoms with E-state index >= 15 is 0 Å². The van der Waals surface area contributed by atoms with Crippen molar-refractivity contribution in [3.63, 3.8) is 0 Å². The molecule has 0 saturated carbocycles. The molecule has 7 heteroatoms. The van der Waals surface area contributed by atoms with Crippen molar-refractivity contribution in [2.45, 2.75) is 19.1 Å². The summed E-state index contributed by atoms with van der Waals surface area (Å²) in [5.41, 5.74) is 3.24. The van der Waals surface area contributed by atoms with Gasteiger partial charge in [-0.05, 0) is 29.7 Å². The van der Waals surface area contributed by atoms with Crippen molar-refractivity contribution in [1.29, 1.82) is 0 Å². The molecule has 4 nitrogen and oxygen atoms in total. The van der Waals surface area contributed by atoms with Crippen molar-refractivity contribution in [3.8, 4) is 5.75 Å². The van der Waals surface area contributed by atoms with Crippen LogP contribution in [0.1, 0.15) is 17.0 Å². The number of hydrogen-bond acceptors (Lipinski definition) is 3. The monoisotopic (exact) mass is 361 g/mol. The Hall–Kier alpha value is -2.54. The first kappa shape index (κ1) is 16.9. The molecule has 0 amide bonds. The number of para-hydroxylation sites is 1. The third-order valence-corrected chi connectivity index (χ3v) is 4.62. The molecule has 0 fully saturated rings. The van der Waals surface area contributed by atoms with Gasteiger partial charge in [0.15, 0.2) is 0 Å². The highest BCUT2D eigenvalue weighted by Crippen LogP contribution is 2.31. The fourth-order valence-electron chi connectivity index (χ4n) is 3.29. The quantitative estimate of drug-likeness (QED) is 0.763. The molecule has 2 heterocycles. The second-order valence-electron chi connectivity index (χ2n) is 6.38. The minimum atomic E-state index is -4.50. The zero-order valence-electron chi connectivity index (χ0n) is 14.0. The Balaban J connectivity index is 1.42. The van der Waals surface area contributed by atoms with E-state index in [9.17, 15) is 13.2 Å². The highest BCUT2D eigenvalue weighted by molar-refractivity contribution is 5.81. The smallest absolute Gasteiger partial charge is 0.449 e. The number of H-pyrrole nitrogens is 1. The Morgan fingerprint density at radius 3 is 2.69 bits per heavy atom. The Morgan fingerprint density at radius 2 is 1.88 bits per heavy atom. The summed E-state index contributed by atoms with van der Waals surface area (Å²) in [6, 6.07) is 13.2. The van der Waals surface area contributed by atoms with Crippen molar-refractivity contribution in [1.82, 2.24) is 14.9 Å². The van der Waals surface area contributed by atoms with Crippen molar-refractivity contribution in [2.75, 3.05) is 19.7 Å². The van der Waals surface area contributed by atoms with Gasteiger partial charge in [-0.1, -0.05) is 30.3 Å². The summed E-state index contributed by atoms with van der Waals surface area (Å²) in [4.78, 5) is 8.25. The van der Waals surface area contributed by atoms with Crippen LogP contribution < -0.4 is 4.74 Å². The second kappa shape index (κ2) is 6.64. The largest absolute Gasteiger partial charge is 0.490 e. The second-order valence-corrected chi connectivity index (χ2v) is 6.38. The maximum absolute atomic E-state index is 12.8. The van der Waals surface area contributed by atoms with E-state index < -0.39 is 12.0 Å². The van der Waals surface area contributed by atoms with Gasteiger partial charge in [0.05, 0.1) is 5.52 Å². The topological polar surface area (TPSA) is 41.1 Å². The van der Waals surface area contributed by atoms with Crippen LogP contribution in [0.25, 0.3) is 11.0 Å². The summed E-state index contributed by atoms with van der Waals surface area (Å²) >= 11 is 0. The van der Waals surface area contributed by atoms with E-state index in [-0.39, 0.29) is 5.52 Å². The van der Waals surface area contributed by atoms with E-state index in [4.69, 9.17) is 4.74 Å². The standard InChI is InChI=1S/C19H18F3N3O/c20-19(21,22)18-23-15-6-3-7-16(17(15)24-18)26-11-10-25-9-8-13-4-1-2-5-14(13)12-25/h1-7H,8-12H2,(H,23,24). The molecule has 4 rings (SSSR count). The number of nitrogens with one attached hydrogen (secondary N) is 1. The molecule has 0 radical (unpaired) electrons. The van der Waals surface area contributed by atoms with Gasteiger partial charge >= 0.3 is 6.18 Å². The van der Waals surface area contributed by atoms with Gasteiger partial charge in [0.1, 0.15) is 17.9 Å². The first-order valence-corrected chi connectivity index (χ1v) is 8.48. The molecule has 26 heavy (non-hydrogen) atoms. The summed E-state index contributed by atoms with van der Waals surface area (Å²) in [7, 11) is 0. The molecule has 1 aromatic heterocycles. The SMILES string of the molecule is FC(F)(F)c1nc2c(OCCN3CCc4ccccc4C3)cccc2[nH]1. The summed E-state index contributed by atoms with van der Waals surface area (Å²) in [6.07, 6.45) is -3.50. The number of imidazole rings is 1. The van der Waals surface area contributed by atoms with Gasteiger partial charge in [0.25, 0.3) is 0 Å². The fourth-order valence-corrected chi connectivity index (χ4v) is 3.29. The lowest BCUT2D eigenvalue weighted by molar-refractivity contribution is -0.144. The lowest BCUT2D eigenvalue weighted by Gasteiger charge is -2.28. The Bertz CT molecular complexity index is 920. The number of fused-ring (bicyclic) bond motifs is 2. The van der Waals surface area contributed by atoms with Crippen LogP contribution in [0.2, 0.25) is 0 Å². The summed E-state index contributed by atoms with van der Waals surface area (Å²) in [5, 5.41) is 0. The minimum absolute atomic E-state index is 0.212. The van der Waals surface area contributed by atoms with Crippen molar-refractivity contribution in [3.05, 3.63) is 59.4 Å². The third kappa shape index (κ3) is 3.39. The molecule has 2 aromatic carbocycles. The van der Waals surface area contributed by atoms with Crippen LogP contribution in [0.4, 0.5) is 13.2 Å². The number of halogens is 3. The highest BCUT2D eigenvalue weighted by atomic mass is 19.4. The molecule has 1 aliphatic heterocycles. The van der Waals surface area contributed by atoms with Gasteiger partial charge < -0.3 is 9.72 Å². The molecule has 0 saturated heterocycles. The van der Waals surface area contributed by atoms with E-state index in [0.29, 0.717) is 24.4 Å². The van der Waals surface area contributed by atoms with Gasteiger partial charge in [-0.15, -0.1) is 0 Å². The van der Waals surface area contributed by atoms with Gasteiger partial charge in [-0.2, -0.15) is 13.2 Å². The average molecular weight is 361 g/mol. The summed E-state index contributed by atoms with van der Waals surface area (Å²) in [5.74, 6) is -0.636. The number of alkyl halides is 3. The predicted octanol–water partition coefficient (Wildman–Crippen LogP) is 4.02. The molecule has 3 aromatic rings. The zero-order chi connectivity index (χ0) is 18.1. The van der Waals surface area contributed by atoms with Crippen molar-refractivity contribution in [2.24, 2.45) is 0 Å². The van der Waals surface area contributed by atoms with E-state index in [1.54, 1.807) is 18.2 Å². The van der Waals surface area contributed by atoms with Crippen LogP contribution in [0.15, 0.2) is 42.5 Å². The van der Waals surface area contributed by atoms with E-state index in [0.717, 1.165) is 19.5 Å². The Morgan fingerprint density at radius 1 is 1.08 bits per heavy atom. The lowest BCUT2D eigenvalue weighted by Crippen LogP contribution is -2.33. The zero-order valence-corrected chi connectivity index (χ0v) is 14.0. The molecule has 0 atom stereocenters. The predicted molar refractivity (Wildman–Crippen MR) is 92.0 cm³/mol. The third-order valence-electron chi connectivity index (χ3n) is 4.62. The fraction of sp³-hybridized carbons (Fsp3) is 0.316. The van der Waals surface area contributed by atoms with Crippen LogP contribution >= 0.6 is 0 Å². The highest BCUT2D eigenvalue weighted by Gasteiger charge is 2.35. The minimum Gasteiger partial charge on any atom is -0.490 e. The molecule has 0 unspecified atom stereocenters. The number of aromatic nitrogens is 2. The first-order valence-electron chi connectivity index (χ1n) is 8.48. The molecular weight excluding hydrogens is 343 g/mol. The molecule has 0 spiro atoms. The van der Waals surface area contributed by atoms with E-state index in [1.165, 1.54) is 11.1 Å². The Labute approximate surface area is 148 Å². The Kier molecular flexibility index (Phi) is 4.32. The summed E-state index contributed by atoms with van der Waals surface area (Å²) in [6.45, 7) is 2.92. The van der Waals surface area contributed by atoms with Crippen molar-refractivity contribution < 1.29 is 17.9 Å². The van der Waals surface area contributed by atoms with E-state index in [1.807, 2.05) is 6.07 Å². The number of ether oxygens (including phenoxy) is 1. The molecule has 0 aliphatic carbocycles. The molecular formula is C19H18F3N3O. The average Bonchev–Trinajstić information content (AvgIpc) is 3.07. The van der Waals surface area contributed by atoms with Gasteiger partial charge in [0, 0.05) is 19.6 Å². The van der Waals surface area contributed by atoms with Gasteiger partial charge in [-0.3, -0.25) is 4.90 Å². The normalized spacial score (nSPS) is 15.2. The van der Waals surface area contributed by atoms with E-state index in [2.05, 4.69) is 33.1 Å². The van der Waals surface area contributed by atoms with Crippen LogP contribution in [0, 0.1) is 0 Å². The number of rotatable bonds is 4. The summed E-state index contributed by atoms with van der Waals surface area (Å²) < 4.78 is 44.2.